The van der Waals surface area contributed by atoms with Crippen LogP contribution >= 0.6 is 0 Å². The number of anilines is 1. The number of hydrogen-bond acceptors (Lipinski definition) is 6. The molecular formula is C18H22N4O4. The lowest BCUT2D eigenvalue weighted by Crippen LogP contribution is -2.24. The van der Waals surface area contributed by atoms with Crippen LogP contribution in [0.1, 0.15) is 22.5 Å². The Morgan fingerprint density at radius 3 is 2.77 bits per heavy atom. The largest absolute Gasteiger partial charge is 0.478 e. The Labute approximate surface area is 151 Å². The molecule has 0 atom stereocenters. The van der Waals surface area contributed by atoms with Gasteiger partial charge in [0.1, 0.15) is 5.69 Å². The molecule has 0 aliphatic carbocycles. The summed E-state index contributed by atoms with van der Waals surface area (Å²) in [4.78, 5) is 27.9. The first-order valence-corrected chi connectivity index (χ1v) is 8.31. The monoisotopic (exact) mass is 358 g/mol. The molecular weight excluding hydrogens is 336 g/mol. The SMILES string of the molecule is CN(CCCNc1ccc(C(=O)O)cc1[N+](=O)[O-])CCc1ccccn1. The average Bonchev–Trinajstić information content (AvgIpc) is 2.64. The fourth-order valence-corrected chi connectivity index (χ4v) is 2.50. The molecule has 0 radical (unpaired) electrons. The summed E-state index contributed by atoms with van der Waals surface area (Å²) >= 11 is 0. The van der Waals surface area contributed by atoms with Crippen LogP contribution in [0.4, 0.5) is 11.4 Å². The summed E-state index contributed by atoms with van der Waals surface area (Å²) in [5, 5.41) is 23.1. The van der Waals surface area contributed by atoms with Crippen LogP contribution in [0.2, 0.25) is 0 Å². The number of nitro benzene ring substituents is 1. The van der Waals surface area contributed by atoms with Crippen molar-refractivity contribution in [2.45, 2.75) is 12.8 Å². The molecule has 0 aliphatic heterocycles. The molecule has 0 spiro atoms. The van der Waals surface area contributed by atoms with Gasteiger partial charge in [-0.05, 0) is 44.3 Å². The smallest absolute Gasteiger partial charge is 0.335 e. The average molecular weight is 358 g/mol. The summed E-state index contributed by atoms with van der Waals surface area (Å²) in [6, 6.07) is 9.72. The Kier molecular flexibility index (Phi) is 7.04. The maximum absolute atomic E-state index is 11.1. The summed E-state index contributed by atoms with van der Waals surface area (Å²) in [7, 11) is 2.02. The number of carboxylic acid groups (broad SMARTS) is 1. The molecule has 1 aromatic heterocycles. The fourth-order valence-electron chi connectivity index (χ4n) is 2.50. The summed E-state index contributed by atoms with van der Waals surface area (Å²) in [6.07, 6.45) is 3.45. The van der Waals surface area contributed by atoms with Crippen molar-refractivity contribution in [3.05, 3.63) is 64.0 Å². The highest BCUT2D eigenvalue weighted by Gasteiger charge is 2.16. The second kappa shape index (κ2) is 9.47. The van der Waals surface area contributed by atoms with Gasteiger partial charge >= 0.3 is 5.97 Å². The summed E-state index contributed by atoms with van der Waals surface area (Å²) in [6.45, 7) is 2.27. The second-order valence-corrected chi connectivity index (χ2v) is 5.95. The summed E-state index contributed by atoms with van der Waals surface area (Å²) < 4.78 is 0. The van der Waals surface area contributed by atoms with Crippen LogP contribution in [0, 0.1) is 10.1 Å². The molecule has 0 bridgehead atoms. The van der Waals surface area contributed by atoms with Crippen LogP contribution in [0.3, 0.4) is 0 Å². The van der Waals surface area contributed by atoms with E-state index in [4.69, 9.17) is 5.11 Å². The zero-order chi connectivity index (χ0) is 18.9. The van der Waals surface area contributed by atoms with Crippen molar-refractivity contribution in [1.29, 1.82) is 0 Å². The van der Waals surface area contributed by atoms with Crippen molar-refractivity contribution in [2.24, 2.45) is 0 Å². The molecule has 0 aliphatic rings. The first-order valence-electron chi connectivity index (χ1n) is 8.31. The maximum Gasteiger partial charge on any atom is 0.335 e. The molecule has 0 amide bonds. The van der Waals surface area contributed by atoms with Crippen molar-refractivity contribution in [3.63, 3.8) is 0 Å². The number of carbonyl (C=O) groups is 1. The third-order valence-electron chi connectivity index (χ3n) is 3.95. The Bertz CT molecular complexity index is 752. The van der Waals surface area contributed by atoms with Gasteiger partial charge in [0.2, 0.25) is 0 Å². The lowest BCUT2D eigenvalue weighted by molar-refractivity contribution is -0.384. The minimum Gasteiger partial charge on any atom is -0.478 e. The van der Waals surface area contributed by atoms with E-state index in [9.17, 15) is 14.9 Å². The number of carboxylic acids is 1. The van der Waals surface area contributed by atoms with Gasteiger partial charge in [-0.2, -0.15) is 0 Å². The van der Waals surface area contributed by atoms with E-state index in [0.29, 0.717) is 12.2 Å². The van der Waals surface area contributed by atoms with Crippen LogP contribution in [0.5, 0.6) is 0 Å². The first kappa shape index (κ1) is 19.3. The minimum absolute atomic E-state index is 0.100. The molecule has 2 rings (SSSR count). The molecule has 8 nitrogen and oxygen atoms in total. The number of nitro groups is 1. The summed E-state index contributed by atoms with van der Waals surface area (Å²) in [5.74, 6) is -1.19. The minimum atomic E-state index is -1.19. The normalized spacial score (nSPS) is 10.7. The number of pyridine rings is 1. The predicted octanol–water partition coefficient (Wildman–Crippen LogP) is 2.66. The quantitative estimate of drug-likeness (QED) is 0.382. The molecule has 0 unspecified atom stereocenters. The first-order chi connectivity index (χ1) is 12.5. The van der Waals surface area contributed by atoms with Gasteiger partial charge in [0, 0.05) is 37.5 Å². The lowest BCUT2D eigenvalue weighted by atomic mass is 10.1. The Morgan fingerprint density at radius 2 is 2.12 bits per heavy atom. The van der Waals surface area contributed by atoms with Gasteiger partial charge in [0.05, 0.1) is 10.5 Å². The molecule has 26 heavy (non-hydrogen) atoms. The van der Waals surface area contributed by atoms with Crippen molar-refractivity contribution in [2.75, 3.05) is 32.0 Å². The Hall–Kier alpha value is -3.00. The molecule has 2 aromatic rings. The molecule has 0 fully saturated rings. The number of nitrogens with one attached hydrogen (secondary N) is 1. The standard InChI is InChI=1S/C18H22N4O4/c1-21(12-8-15-5-2-3-9-19-15)11-4-10-20-16-7-6-14(18(23)24)13-17(16)22(25)26/h2-3,5-7,9,13,20H,4,8,10-12H2,1H3,(H,23,24). The molecule has 1 heterocycles. The molecule has 138 valence electrons. The molecule has 8 heteroatoms. The number of likely N-dealkylation sites (N-methyl/N-ethyl adjacent to an activating group) is 1. The van der Waals surface area contributed by atoms with Gasteiger partial charge in [-0.25, -0.2) is 4.79 Å². The van der Waals surface area contributed by atoms with Gasteiger partial charge in [0.15, 0.2) is 0 Å². The van der Waals surface area contributed by atoms with Crippen LogP contribution < -0.4 is 5.32 Å². The highest BCUT2D eigenvalue weighted by Crippen LogP contribution is 2.25. The van der Waals surface area contributed by atoms with E-state index in [0.717, 1.165) is 37.7 Å². The molecule has 2 N–H and O–H groups in total. The Balaban J connectivity index is 1.78. The number of benzene rings is 1. The number of aromatic carboxylic acids is 1. The third kappa shape index (κ3) is 5.82. The summed E-state index contributed by atoms with van der Waals surface area (Å²) in [5.41, 5.74) is 1.05. The third-order valence-corrected chi connectivity index (χ3v) is 3.95. The molecule has 1 aromatic carbocycles. The van der Waals surface area contributed by atoms with Crippen LogP contribution in [-0.4, -0.2) is 52.6 Å². The van der Waals surface area contributed by atoms with Crippen molar-refractivity contribution in [3.8, 4) is 0 Å². The van der Waals surface area contributed by atoms with E-state index in [1.54, 1.807) is 6.20 Å². The number of aromatic nitrogens is 1. The van der Waals surface area contributed by atoms with E-state index in [1.807, 2.05) is 25.2 Å². The van der Waals surface area contributed by atoms with Gasteiger partial charge in [0.25, 0.3) is 5.69 Å². The molecule has 0 saturated carbocycles. The lowest BCUT2D eigenvalue weighted by Gasteiger charge is -2.16. The van der Waals surface area contributed by atoms with Crippen molar-refractivity contribution in [1.82, 2.24) is 9.88 Å². The maximum atomic E-state index is 11.1. The van der Waals surface area contributed by atoms with Crippen LogP contribution in [-0.2, 0) is 6.42 Å². The van der Waals surface area contributed by atoms with E-state index in [2.05, 4.69) is 15.2 Å². The van der Waals surface area contributed by atoms with Gasteiger partial charge < -0.3 is 15.3 Å². The van der Waals surface area contributed by atoms with Crippen LogP contribution in [0.15, 0.2) is 42.6 Å². The number of rotatable bonds is 10. The number of nitrogens with zero attached hydrogens (tertiary/aromatic N) is 3. The van der Waals surface area contributed by atoms with Crippen molar-refractivity contribution < 1.29 is 14.8 Å². The van der Waals surface area contributed by atoms with Gasteiger partial charge in [-0.15, -0.1) is 0 Å². The number of hydrogen-bond donors (Lipinski definition) is 2. The predicted molar refractivity (Wildman–Crippen MR) is 98.6 cm³/mol. The Morgan fingerprint density at radius 1 is 1.31 bits per heavy atom. The zero-order valence-corrected chi connectivity index (χ0v) is 14.6. The van der Waals surface area contributed by atoms with E-state index >= 15 is 0 Å². The van der Waals surface area contributed by atoms with E-state index in [1.165, 1.54) is 12.1 Å². The topological polar surface area (TPSA) is 109 Å². The second-order valence-electron chi connectivity index (χ2n) is 5.95. The zero-order valence-electron chi connectivity index (χ0n) is 14.6. The van der Waals surface area contributed by atoms with Crippen molar-refractivity contribution >= 4 is 17.3 Å². The highest BCUT2D eigenvalue weighted by molar-refractivity contribution is 5.89. The van der Waals surface area contributed by atoms with Gasteiger partial charge in [-0.3, -0.25) is 15.1 Å². The van der Waals surface area contributed by atoms with Gasteiger partial charge in [-0.1, -0.05) is 6.07 Å². The van der Waals surface area contributed by atoms with E-state index < -0.39 is 10.9 Å². The van der Waals surface area contributed by atoms with Crippen LogP contribution in [0.25, 0.3) is 0 Å². The fraction of sp³-hybridized carbons (Fsp3) is 0.333. The van der Waals surface area contributed by atoms with E-state index in [-0.39, 0.29) is 11.3 Å². The molecule has 0 saturated heterocycles. The highest BCUT2D eigenvalue weighted by atomic mass is 16.6.